The molecule has 21 heavy (non-hydrogen) atoms. The Morgan fingerprint density at radius 2 is 1.81 bits per heavy atom. The topological polar surface area (TPSA) is 101 Å². The molecule has 1 unspecified atom stereocenters. The second-order valence-corrected chi connectivity index (χ2v) is 6.97. The van der Waals surface area contributed by atoms with Gasteiger partial charge < -0.3 is 11.1 Å². The molecular weight excluding hydrogens is 290 g/mol. The van der Waals surface area contributed by atoms with Gasteiger partial charge in [-0.25, -0.2) is 13.1 Å². The van der Waals surface area contributed by atoms with Crippen LogP contribution in [0.25, 0.3) is 0 Å². The summed E-state index contributed by atoms with van der Waals surface area (Å²) in [5.74, 6) is -0.0477. The molecular formula is C14H23N3O3S. The molecule has 0 saturated carbocycles. The van der Waals surface area contributed by atoms with E-state index in [0.717, 1.165) is 0 Å². The Balaban J connectivity index is 2.89. The van der Waals surface area contributed by atoms with Crippen molar-refractivity contribution in [1.29, 1.82) is 0 Å². The van der Waals surface area contributed by atoms with Crippen LogP contribution in [-0.4, -0.2) is 26.9 Å². The monoisotopic (exact) mass is 313 g/mol. The molecule has 0 fully saturated rings. The number of hydrogen-bond donors (Lipinski definition) is 3. The van der Waals surface area contributed by atoms with Crippen LogP contribution in [0.15, 0.2) is 29.2 Å². The minimum atomic E-state index is -3.59. The van der Waals surface area contributed by atoms with Crippen molar-refractivity contribution in [2.75, 3.05) is 11.9 Å². The van der Waals surface area contributed by atoms with Gasteiger partial charge in [-0.1, -0.05) is 13.8 Å². The fourth-order valence-corrected chi connectivity index (χ4v) is 3.31. The van der Waals surface area contributed by atoms with Crippen LogP contribution < -0.4 is 15.8 Å². The number of sulfonamides is 1. The Kier molecular flexibility index (Phi) is 6.32. The smallest absolute Gasteiger partial charge is 0.240 e. The van der Waals surface area contributed by atoms with Crippen molar-refractivity contribution in [3.05, 3.63) is 24.3 Å². The highest BCUT2D eigenvalue weighted by molar-refractivity contribution is 7.89. The lowest BCUT2D eigenvalue weighted by molar-refractivity contribution is -0.114. The van der Waals surface area contributed by atoms with E-state index < -0.39 is 10.0 Å². The maximum absolute atomic E-state index is 12.3. The van der Waals surface area contributed by atoms with Crippen LogP contribution in [0, 0.1) is 5.92 Å². The molecule has 1 aromatic rings. The van der Waals surface area contributed by atoms with Crippen LogP contribution >= 0.6 is 0 Å². The van der Waals surface area contributed by atoms with Gasteiger partial charge in [-0.2, -0.15) is 0 Å². The Labute approximate surface area is 126 Å². The van der Waals surface area contributed by atoms with Gasteiger partial charge in [0, 0.05) is 18.7 Å². The number of benzene rings is 1. The predicted octanol–water partition coefficient (Wildman–Crippen LogP) is 1.30. The molecule has 118 valence electrons. The Morgan fingerprint density at radius 1 is 1.24 bits per heavy atom. The van der Waals surface area contributed by atoms with Crippen molar-refractivity contribution in [2.45, 2.75) is 38.1 Å². The normalized spacial score (nSPS) is 13.2. The average molecular weight is 313 g/mol. The number of nitrogens with one attached hydrogen (secondary N) is 2. The highest BCUT2D eigenvalue weighted by Gasteiger charge is 2.21. The first kappa shape index (κ1) is 17.6. The molecule has 0 saturated heterocycles. The number of hydrogen-bond acceptors (Lipinski definition) is 4. The van der Waals surface area contributed by atoms with Crippen molar-refractivity contribution in [1.82, 2.24) is 4.72 Å². The summed E-state index contributed by atoms with van der Waals surface area (Å²) in [5.41, 5.74) is 6.08. The molecule has 0 spiro atoms. The summed E-state index contributed by atoms with van der Waals surface area (Å²) in [6.07, 6.45) is 0.584. The van der Waals surface area contributed by atoms with Gasteiger partial charge in [0.1, 0.15) is 0 Å². The summed E-state index contributed by atoms with van der Waals surface area (Å²) < 4.78 is 27.3. The summed E-state index contributed by atoms with van der Waals surface area (Å²) in [7, 11) is -3.59. The summed E-state index contributed by atoms with van der Waals surface area (Å²) in [6, 6.07) is 5.85. The van der Waals surface area contributed by atoms with Gasteiger partial charge in [0.25, 0.3) is 0 Å². The van der Waals surface area contributed by atoms with Gasteiger partial charge >= 0.3 is 0 Å². The van der Waals surface area contributed by atoms with E-state index in [1.807, 2.05) is 13.8 Å². The van der Waals surface area contributed by atoms with Gasteiger partial charge in [-0.3, -0.25) is 4.79 Å². The average Bonchev–Trinajstić information content (AvgIpc) is 2.37. The first-order valence-electron chi connectivity index (χ1n) is 6.86. The van der Waals surface area contributed by atoms with Crippen molar-refractivity contribution < 1.29 is 13.2 Å². The minimum Gasteiger partial charge on any atom is -0.330 e. The number of anilines is 1. The molecule has 0 aliphatic carbocycles. The first-order chi connectivity index (χ1) is 9.76. The lowest BCUT2D eigenvalue weighted by Crippen LogP contribution is -2.39. The molecule has 1 aromatic carbocycles. The van der Waals surface area contributed by atoms with E-state index in [0.29, 0.717) is 18.7 Å². The van der Waals surface area contributed by atoms with Gasteiger partial charge in [0.15, 0.2) is 0 Å². The fraction of sp³-hybridized carbons (Fsp3) is 0.500. The van der Waals surface area contributed by atoms with Gasteiger partial charge in [-0.05, 0) is 43.1 Å². The van der Waals surface area contributed by atoms with E-state index in [2.05, 4.69) is 10.0 Å². The van der Waals surface area contributed by atoms with E-state index in [1.54, 1.807) is 12.1 Å². The first-order valence-corrected chi connectivity index (χ1v) is 8.34. The van der Waals surface area contributed by atoms with E-state index in [9.17, 15) is 13.2 Å². The second-order valence-electron chi connectivity index (χ2n) is 5.25. The van der Waals surface area contributed by atoms with Crippen molar-refractivity contribution >= 4 is 21.6 Å². The third-order valence-corrected chi connectivity index (χ3v) is 4.58. The molecule has 4 N–H and O–H groups in total. The highest BCUT2D eigenvalue weighted by atomic mass is 32.2. The van der Waals surface area contributed by atoms with E-state index >= 15 is 0 Å². The largest absolute Gasteiger partial charge is 0.330 e. The van der Waals surface area contributed by atoms with Gasteiger partial charge in [0.05, 0.1) is 4.90 Å². The molecule has 0 radical (unpaired) electrons. The number of nitrogens with two attached hydrogens (primary N) is 1. The summed E-state index contributed by atoms with van der Waals surface area (Å²) in [6.45, 7) is 5.71. The Bertz CT molecular complexity index is 568. The Morgan fingerprint density at radius 3 is 2.24 bits per heavy atom. The minimum absolute atomic E-state index is 0.155. The molecule has 0 aliphatic heterocycles. The number of carbonyl (C=O) groups excluding carboxylic acids is 1. The molecule has 0 aliphatic rings. The zero-order valence-corrected chi connectivity index (χ0v) is 13.4. The van der Waals surface area contributed by atoms with E-state index in [4.69, 9.17) is 5.73 Å². The Hall–Kier alpha value is -1.44. The van der Waals surface area contributed by atoms with Gasteiger partial charge in [-0.15, -0.1) is 0 Å². The molecule has 0 heterocycles. The lowest BCUT2D eigenvalue weighted by atomic mass is 10.0. The SMILES string of the molecule is CC(=O)Nc1ccc(S(=O)(=O)NC(CCN)C(C)C)cc1. The van der Waals surface area contributed by atoms with Crippen molar-refractivity contribution in [2.24, 2.45) is 11.7 Å². The molecule has 7 heteroatoms. The van der Waals surface area contributed by atoms with Gasteiger partial charge in [0.2, 0.25) is 15.9 Å². The lowest BCUT2D eigenvalue weighted by Gasteiger charge is -2.21. The number of carbonyl (C=O) groups is 1. The van der Waals surface area contributed by atoms with Crippen LogP contribution in [0.5, 0.6) is 0 Å². The molecule has 0 bridgehead atoms. The molecule has 1 amide bonds. The highest BCUT2D eigenvalue weighted by Crippen LogP contribution is 2.16. The zero-order valence-electron chi connectivity index (χ0n) is 12.6. The van der Waals surface area contributed by atoms with Crippen LogP contribution in [-0.2, 0) is 14.8 Å². The number of rotatable bonds is 7. The molecule has 0 aromatic heterocycles. The molecule has 6 nitrogen and oxygen atoms in total. The summed E-state index contributed by atoms with van der Waals surface area (Å²) in [4.78, 5) is 11.1. The second kappa shape index (κ2) is 7.53. The maximum atomic E-state index is 12.3. The van der Waals surface area contributed by atoms with Crippen LogP contribution in [0.4, 0.5) is 5.69 Å². The van der Waals surface area contributed by atoms with Crippen LogP contribution in [0.3, 0.4) is 0 Å². The standard InChI is InChI=1S/C14H23N3O3S/c1-10(2)14(8-9-15)17-21(19,20)13-6-4-12(5-7-13)16-11(3)18/h4-7,10,14,17H,8-9,15H2,1-3H3,(H,16,18). The third kappa shape index (κ3) is 5.45. The number of amides is 1. The van der Waals surface area contributed by atoms with E-state index in [-0.39, 0.29) is 22.8 Å². The van der Waals surface area contributed by atoms with E-state index in [1.165, 1.54) is 19.1 Å². The van der Waals surface area contributed by atoms with Crippen molar-refractivity contribution in [3.63, 3.8) is 0 Å². The zero-order chi connectivity index (χ0) is 16.0. The van der Waals surface area contributed by atoms with Crippen LogP contribution in [0.2, 0.25) is 0 Å². The third-order valence-electron chi connectivity index (χ3n) is 3.07. The van der Waals surface area contributed by atoms with Crippen molar-refractivity contribution in [3.8, 4) is 0 Å². The fourth-order valence-electron chi connectivity index (χ4n) is 1.90. The summed E-state index contributed by atoms with van der Waals surface area (Å²) in [5, 5.41) is 2.59. The quantitative estimate of drug-likeness (QED) is 0.706. The maximum Gasteiger partial charge on any atom is 0.240 e. The van der Waals surface area contributed by atoms with Crippen LogP contribution in [0.1, 0.15) is 27.2 Å². The predicted molar refractivity (Wildman–Crippen MR) is 83.4 cm³/mol. The molecule has 1 rings (SSSR count). The molecule has 1 atom stereocenters. The summed E-state index contributed by atoms with van der Waals surface area (Å²) >= 11 is 0.